The summed E-state index contributed by atoms with van der Waals surface area (Å²) in [6.07, 6.45) is 2.74. The maximum atomic E-state index is 5.55. The van der Waals surface area contributed by atoms with E-state index in [0.29, 0.717) is 6.04 Å². The average molecular weight is 246 g/mol. The highest BCUT2D eigenvalue weighted by molar-refractivity contribution is 5.37. The molecule has 3 rings (SSSR count). The molecule has 1 atom stereocenters. The van der Waals surface area contributed by atoms with E-state index in [1.54, 1.807) is 7.11 Å². The van der Waals surface area contributed by atoms with E-state index in [-0.39, 0.29) is 0 Å². The zero-order chi connectivity index (χ0) is 12.4. The van der Waals surface area contributed by atoms with E-state index in [1.807, 2.05) is 0 Å². The van der Waals surface area contributed by atoms with Crippen LogP contribution in [-0.2, 0) is 0 Å². The molecule has 2 fully saturated rings. The normalized spacial score (nSPS) is 22.7. The molecule has 2 aliphatic rings. The first-order valence-electron chi connectivity index (χ1n) is 6.98. The van der Waals surface area contributed by atoms with Gasteiger partial charge in [-0.15, -0.1) is 0 Å². The van der Waals surface area contributed by atoms with E-state index >= 15 is 0 Å². The van der Waals surface area contributed by atoms with Crippen LogP contribution in [0.5, 0.6) is 5.75 Å². The predicted molar refractivity (Wildman–Crippen MR) is 72.9 cm³/mol. The lowest BCUT2D eigenvalue weighted by atomic mass is 9.99. The summed E-state index contributed by atoms with van der Waals surface area (Å²) in [4.78, 5) is 2.63. The van der Waals surface area contributed by atoms with Crippen molar-refractivity contribution in [1.82, 2.24) is 10.2 Å². The summed E-state index contributed by atoms with van der Waals surface area (Å²) in [5, 5.41) is 3.44. The fraction of sp³-hybridized carbons (Fsp3) is 0.600. The van der Waals surface area contributed by atoms with E-state index in [4.69, 9.17) is 4.74 Å². The highest BCUT2D eigenvalue weighted by Gasteiger charge is 2.37. The molecule has 3 heteroatoms. The topological polar surface area (TPSA) is 24.5 Å². The van der Waals surface area contributed by atoms with E-state index < -0.39 is 0 Å². The Kier molecular flexibility index (Phi) is 3.52. The Morgan fingerprint density at radius 1 is 1.22 bits per heavy atom. The fourth-order valence-corrected chi connectivity index (χ4v) is 3.03. The summed E-state index contributed by atoms with van der Waals surface area (Å²) in [5.41, 5.74) is 1.38. The molecular weight excluding hydrogens is 224 g/mol. The van der Waals surface area contributed by atoms with Crippen LogP contribution in [0.1, 0.15) is 24.4 Å². The van der Waals surface area contributed by atoms with Crippen molar-refractivity contribution in [2.24, 2.45) is 5.92 Å². The third-order valence-electron chi connectivity index (χ3n) is 4.07. The summed E-state index contributed by atoms with van der Waals surface area (Å²) in [6.45, 7) is 4.52. The van der Waals surface area contributed by atoms with Gasteiger partial charge < -0.3 is 10.1 Å². The second kappa shape index (κ2) is 5.29. The lowest BCUT2D eigenvalue weighted by Gasteiger charge is -2.36. The van der Waals surface area contributed by atoms with Crippen LogP contribution in [0.15, 0.2) is 24.3 Å². The molecule has 1 aliphatic heterocycles. The van der Waals surface area contributed by atoms with Gasteiger partial charge in [0, 0.05) is 37.8 Å². The van der Waals surface area contributed by atoms with Gasteiger partial charge in [0.1, 0.15) is 5.75 Å². The largest absolute Gasteiger partial charge is 0.496 e. The van der Waals surface area contributed by atoms with E-state index in [1.165, 1.54) is 18.4 Å². The second-order valence-electron chi connectivity index (χ2n) is 5.31. The minimum atomic E-state index is 0.559. The van der Waals surface area contributed by atoms with Gasteiger partial charge in [0.05, 0.1) is 7.11 Å². The quantitative estimate of drug-likeness (QED) is 0.880. The molecule has 1 unspecified atom stereocenters. The molecule has 1 saturated carbocycles. The number of nitrogens with one attached hydrogen (secondary N) is 1. The minimum Gasteiger partial charge on any atom is -0.496 e. The Bertz CT molecular complexity index is 397. The van der Waals surface area contributed by atoms with Crippen molar-refractivity contribution in [2.75, 3.05) is 33.3 Å². The van der Waals surface area contributed by atoms with E-state index in [2.05, 4.69) is 34.5 Å². The number of hydrogen-bond donors (Lipinski definition) is 1. The van der Waals surface area contributed by atoms with Crippen molar-refractivity contribution in [2.45, 2.75) is 18.9 Å². The third-order valence-corrected chi connectivity index (χ3v) is 4.07. The average Bonchev–Trinajstić information content (AvgIpc) is 3.26. The number of para-hydroxylation sites is 1. The van der Waals surface area contributed by atoms with Gasteiger partial charge in [-0.1, -0.05) is 18.2 Å². The van der Waals surface area contributed by atoms with Crippen LogP contribution < -0.4 is 10.1 Å². The van der Waals surface area contributed by atoms with E-state index in [9.17, 15) is 0 Å². The Labute approximate surface area is 109 Å². The molecule has 0 amide bonds. The van der Waals surface area contributed by atoms with Gasteiger partial charge in [-0.3, -0.25) is 4.90 Å². The first kappa shape index (κ1) is 12.0. The summed E-state index contributed by atoms with van der Waals surface area (Å²) in [5.74, 6) is 1.88. The zero-order valence-electron chi connectivity index (χ0n) is 11.1. The number of hydrogen-bond acceptors (Lipinski definition) is 3. The van der Waals surface area contributed by atoms with Crippen molar-refractivity contribution < 1.29 is 4.74 Å². The Morgan fingerprint density at radius 3 is 2.61 bits per heavy atom. The summed E-state index contributed by atoms with van der Waals surface area (Å²) in [6, 6.07) is 9.08. The fourth-order valence-electron chi connectivity index (χ4n) is 3.03. The smallest absolute Gasteiger partial charge is 0.123 e. The molecule has 1 heterocycles. The van der Waals surface area contributed by atoms with Crippen molar-refractivity contribution in [3.05, 3.63) is 29.8 Å². The Morgan fingerprint density at radius 2 is 1.94 bits per heavy atom. The van der Waals surface area contributed by atoms with Gasteiger partial charge in [0.25, 0.3) is 0 Å². The van der Waals surface area contributed by atoms with Crippen molar-refractivity contribution in [3.63, 3.8) is 0 Å². The molecule has 1 aromatic rings. The number of piperazine rings is 1. The lowest BCUT2D eigenvalue weighted by Crippen LogP contribution is -2.45. The lowest BCUT2D eigenvalue weighted by molar-refractivity contribution is 0.153. The third kappa shape index (κ3) is 2.38. The molecule has 1 N–H and O–H groups in total. The van der Waals surface area contributed by atoms with Crippen LogP contribution in [0.2, 0.25) is 0 Å². The van der Waals surface area contributed by atoms with Gasteiger partial charge in [-0.25, -0.2) is 0 Å². The first-order valence-corrected chi connectivity index (χ1v) is 6.98. The monoisotopic (exact) mass is 246 g/mol. The number of methoxy groups -OCH3 is 1. The van der Waals surface area contributed by atoms with Gasteiger partial charge in [-0.2, -0.15) is 0 Å². The molecule has 0 bridgehead atoms. The van der Waals surface area contributed by atoms with Gasteiger partial charge >= 0.3 is 0 Å². The summed E-state index contributed by atoms with van der Waals surface area (Å²) < 4.78 is 5.55. The number of rotatable bonds is 4. The van der Waals surface area contributed by atoms with Crippen LogP contribution in [0, 0.1) is 5.92 Å². The maximum Gasteiger partial charge on any atom is 0.123 e. The molecule has 1 aliphatic carbocycles. The predicted octanol–water partition coefficient (Wildman–Crippen LogP) is 2.05. The van der Waals surface area contributed by atoms with Crippen LogP contribution >= 0.6 is 0 Å². The molecule has 0 radical (unpaired) electrons. The van der Waals surface area contributed by atoms with E-state index in [0.717, 1.165) is 37.8 Å². The summed E-state index contributed by atoms with van der Waals surface area (Å²) in [7, 11) is 1.78. The van der Waals surface area contributed by atoms with Crippen LogP contribution in [0.3, 0.4) is 0 Å². The first-order chi connectivity index (χ1) is 8.90. The minimum absolute atomic E-state index is 0.559. The molecule has 98 valence electrons. The van der Waals surface area contributed by atoms with Gasteiger partial charge in [-0.05, 0) is 24.8 Å². The van der Waals surface area contributed by atoms with Crippen molar-refractivity contribution in [1.29, 1.82) is 0 Å². The zero-order valence-corrected chi connectivity index (χ0v) is 11.1. The molecule has 0 spiro atoms. The number of nitrogens with zero attached hydrogens (tertiary/aromatic N) is 1. The highest BCUT2D eigenvalue weighted by atomic mass is 16.5. The molecule has 0 aromatic heterocycles. The van der Waals surface area contributed by atoms with Crippen LogP contribution in [-0.4, -0.2) is 38.2 Å². The maximum absolute atomic E-state index is 5.55. The standard InChI is InChI=1S/C15H22N2O/c1-18-14-5-3-2-4-13(14)15(12-6-7-12)17-10-8-16-9-11-17/h2-5,12,15-16H,6-11H2,1H3. The molecule has 1 saturated heterocycles. The number of ether oxygens (including phenoxy) is 1. The number of benzene rings is 1. The second-order valence-corrected chi connectivity index (χ2v) is 5.31. The van der Waals surface area contributed by atoms with Crippen molar-refractivity contribution in [3.8, 4) is 5.75 Å². The molecule has 18 heavy (non-hydrogen) atoms. The van der Waals surface area contributed by atoms with Crippen LogP contribution in [0.25, 0.3) is 0 Å². The van der Waals surface area contributed by atoms with Gasteiger partial charge in [0.15, 0.2) is 0 Å². The van der Waals surface area contributed by atoms with Gasteiger partial charge in [0.2, 0.25) is 0 Å². The molecule has 1 aromatic carbocycles. The Balaban J connectivity index is 1.88. The van der Waals surface area contributed by atoms with Crippen LogP contribution in [0.4, 0.5) is 0 Å². The Hall–Kier alpha value is -1.06. The van der Waals surface area contributed by atoms with Crippen molar-refractivity contribution >= 4 is 0 Å². The summed E-state index contributed by atoms with van der Waals surface area (Å²) >= 11 is 0. The SMILES string of the molecule is COc1ccccc1C(C1CC1)N1CCNCC1. The molecular formula is C15H22N2O. The molecule has 3 nitrogen and oxygen atoms in total. The highest BCUT2D eigenvalue weighted by Crippen LogP contribution is 2.46.